The van der Waals surface area contributed by atoms with Crippen LogP contribution in [0.4, 0.5) is 0 Å². The minimum Gasteiger partial charge on any atom is -0.545 e. The molecule has 0 rings (SSSR count). The van der Waals surface area contributed by atoms with Gasteiger partial charge >= 0.3 is 0 Å². The molecule has 0 amide bonds. The van der Waals surface area contributed by atoms with Gasteiger partial charge in [0.2, 0.25) is 16.6 Å². The average molecular weight is 232 g/mol. The molecule has 0 aliphatic heterocycles. The summed E-state index contributed by atoms with van der Waals surface area (Å²) in [6.07, 6.45) is 0. The number of hydrogen-bond donors (Lipinski definition) is 0. The summed E-state index contributed by atoms with van der Waals surface area (Å²) in [5, 5.41) is 0. The van der Waals surface area contributed by atoms with Crippen molar-refractivity contribution in [3.63, 3.8) is 0 Å². The molecule has 84 valence electrons. The van der Waals surface area contributed by atoms with E-state index in [9.17, 15) is 0 Å². The van der Waals surface area contributed by atoms with E-state index in [0.29, 0.717) is 0 Å². The smallest absolute Gasteiger partial charge is 0.241 e. The molecule has 0 fully saturated rings. The number of hydrogen-bond acceptors (Lipinski definition) is 2. The molecule has 0 aliphatic rings. The molecule has 0 saturated carbocycles. The molecule has 2 nitrogen and oxygen atoms in total. The van der Waals surface area contributed by atoms with Crippen molar-refractivity contribution in [1.29, 1.82) is 0 Å². The minimum atomic E-state index is -1.48. The summed E-state index contributed by atoms with van der Waals surface area (Å²) in [5.41, 5.74) is 0. The minimum absolute atomic E-state index is 0.951. The van der Waals surface area contributed by atoms with Crippen LogP contribution < -0.4 is 0 Å². The summed E-state index contributed by atoms with van der Waals surface area (Å²) in [6.45, 7) is 17.1. The van der Waals surface area contributed by atoms with Crippen molar-refractivity contribution >= 4 is 16.6 Å². The van der Waals surface area contributed by atoms with Crippen molar-refractivity contribution in [2.24, 2.45) is 0 Å². The Kier molecular flexibility index (Phi) is 4.46. The Labute approximate surface area is 90.6 Å². The molecule has 0 aromatic heterocycles. The van der Waals surface area contributed by atoms with Crippen LogP contribution in [0, 0.1) is 0 Å². The molecule has 0 bridgehead atoms. The van der Waals surface area contributed by atoms with Gasteiger partial charge < -0.3 is 8.85 Å². The molecule has 4 heteroatoms. The lowest BCUT2D eigenvalue weighted by Gasteiger charge is -2.25. The number of rotatable bonds is 4. The van der Waals surface area contributed by atoms with E-state index in [4.69, 9.17) is 8.85 Å². The highest BCUT2D eigenvalue weighted by Crippen LogP contribution is 2.17. The lowest BCUT2D eigenvalue weighted by molar-refractivity contribution is 0.344. The van der Waals surface area contributed by atoms with Crippen LogP contribution in [-0.2, 0) is 8.85 Å². The van der Waals surface area contributed by atoms with E-state index in [2.05, 4.69) is 39.3 Å². The van der Waals surface area contributed by atoms with E-state index in [1.807, 2.05) is 13.8 Å². The van der Waals surface area contributed by atoms with Gasteiger partial charge in [-0.3, -0.25) is 0 Å². The van der Waals surface area contributed by atoms with Crippen LogP contribution in [0.25, 0.3) is 0 Å². The molecule has 0 saturated heterocycles. The molecule has 0 spiro atoms. The normalized spacial score (nSPS) is 14.9. The quantitative estimate of drug-likeness (QED) is 0.540. The molecule has 0 aliphatic carbocycles. The van der Waals surface area contributed by atoms with E-state index in [0.717, 1.165) is 11.5 Å². The molecule has 0 aromatic carbocycles. The molecule has 0 unspecified atom stereocenters. The number of allylic oxidation sites excluding steroid dienone is 2. The van der Waals surface area contributed by atoms with Crippen molar-refractivity contribution in [1.82, 2.24) is 0 Å². The summed E-state index contributed by atoms with van der Waals surface area (Å²) in [5.74, 6) is 1.90. The van der Waals surface area contributed by atoms with Gasteiger partial charge in [-0.05, 0) is 53.1 Å². The van der Waals surface area contributed by atoms with Crippen LogP contribution in [0.1, 0.15) is 13.8 Å². The van der Waals surface area contributed by atoms with Gasteiger partial charge in [0.15, 0.2) is 0 Å². The lowest BCUT2D eigenvalue weighted by atomic mass is 10.5. The Balaban J connectivity index is 4.45. The zero-order chi connectivity index (χ0) is 11.6. The van der Waals surface area contributed by atoms with Crippen molar-refractivity contribution in [2.45, 2.75) is 53.1 Å². The van der Waals surface area contributed by atoms with Gasteiger partial charge in [0.25, 0.3) is 0 Å². The summed E-state index contributed by atoms with van der Waals surface area (Å²) >= 11 is 0. The van der Waals surface area contributed by atoms with E-state index in [-0.39, 0.29) is 0 Å². The third-order valence-corrected chi connectivity index (χ3v) is 3.25. The Morgan fingerprint density at radius 2 is 0.857 bits per heavy atom. The van der Waals surface area contributed by atoms with Gasteiger partial charge in [-0.1, -0.05) is 0 Å². The molecule has 0 radical (unpaired) electrons. The van der Waals surface area contributed by atoms with Crippen molar-refractivity contribution in [2.75, 3.05) is 0 Å². The predicted molar refractivity (Wildman–Crippen MR) is 67.2 cm³/mol. The fraction of sp³-hybridized carbons (Fsp3) is 0.800. The highest BCUT2D eigenvalue weighted by Gasteiger charge is 2.20. The molecule has 0 atom stereocenters. The lowest BCUT2D eigenvalue weighted by Crippen LogP contribution is -2.28. The van der Waals surface area contributed by atoms with Gasteiger partial charge in [-0.25, -0.2) is 0 Å². The first kappa shape index (κ1) is 13.8. The first-order valence-corrected chi connectivity index (χ1v) is 11.9. The van der Waals surface area contributed by atoms with Crippen molar-refractivity contribution in [3.8, 4) is 0 Å². The predicted octanol–water partition coefficient (Wildman–Crippen LogP) is 3.94. The van der Waals surface area contributed by atoms with Gasteiger partial charge in [-0.15, -0.1) is 0 Å². The highest BCUT2D eigenvalue weighted by atomic mass is 28.4. The molecule has 0 aromatic rings. The fourth-order valence-electron chi connectivity index (χ4n) is 1.06. The Morgan fingerprint density at radius 3 is 1.00 bits per heavy atom. The van der Waals surface area contributed by atoms with Gasteiger partial charge in [-0.2, -0.15) is 0 Å². The van der Waals surface area contributed by atoms with Crippen LogP contribution in [-0.4, -0.2) is 16.6 Å². The molecule has 0 N–H and O–H groups in total. The van der Waals surface area contributed by atoms with Gasteiger partial charge in [0, 0.05) is 0 Å². The SMILES string of the molecule is C/C(O[Si](C)(C)C)=C(\C)O[Si](C)(C)C. The second-order valence-corrected chi connectivity index (χ2v) is 14.4. The van der Waals surface area contributed by atoms with Crippen LogP contribution in [0.15, 0.2) is 11.5 Å². The average Bonchev–Trinajstić information content (AvgIpc) is 1.78. The second kappa shape index (κ2) is 4.53. The van der Waals surface area contributed by atoms with E-state index >= 15 is 0 Å². The first-order chi connectivity index (χ1) is 6.01. The van der Waals surface area contributed by atoms with E-state index in [1.54, 1.807) is 0 Å². The van der Waals surface area contributed by atoms with Crippen molar-refractivity contribution in [3.05, 3.63) is 11.5 Å². The Hall–Kier alpha value is -0.226. The summed E-state index contributed by atoms with van der Waals surface area (Å²) in [4.78, 5) is 0. The van der Waals surface area contributed by atoms with Crippen LogP contribution in [0.2, 0.25) is 39.3 Å². The zero-order valence-electron chi connectivity index (χ0n) is 10.8. The van der Waals surface area contributed by atoms with Crippen LogP contribution >= 0.6 is 0 Å². The Bertz CT molecular complexity index is 197. The van der Waals surface area contributed by atoms with Crippen molar-refractivity contribution < 1.29 is 8.85 Å². The van der Waals surface area contributed by atoms with Crippen LogP contribution in [0.3, 0.4) is 0 Å². The second-order valence-electron chi connectivity index (χ2n) is 5.54. The first-order valence-electron chi connectivity index (χ1n) is 5.07. The summed E-state index contributed by atoms with van der Waals surface area (Å²) in [6, 6.07) is 0. The molecule has 14 heavy (non-hydrogen) atoms. The molecule has 0 heterocycles. The maximum Gasteiger partial charge on any atom is 0.241 e. The summed E-state index contributed by atoms with van der Waals surface area (Å²) in [7, 11) is -2.96. The molecular formula is C10H24O2Si2. The largest absolute Gasteiger partial charge is 0.545 e. The third-order valence-electron chi connectivity index (χ3n) is 1.41. The highest BCUT2D eigenvalue weighted by molar-refractivity contribution is 6.70. The standard InChI is InChI=1S/C10H24O2Si2/c1-9(11-13(3,4)5)10(2)12-14(6,7)8/h1-8H3/b10-9-. The third kappa shape index (κ3) is 7.20. The van der Waals surface area contributed by atoms with E-state index < -0.39 is 16.6 Å². The topological polar surface area (TPSA) is 18.5 Å². The maximum absolute atomic E-state index is 5.86. The monoisotopic (exact) mass is 232 g/mol. The zero-order valence-corrected chi connectivity index (χ0v) is 12.8. The maximum atomic E-state index is 5.86. The van der Waals surface area contributed by atoms with Gasteiger partial charge in [0.1, 0.15) is 11.5 Å². The molecular weight excluding hydrogens is 208 g/mol. The summed E-state index contributed by atoms with van der Waals surface area (Å²) < 4.78 is 11.7. The van der Waals surface area contributed by atoms with Crippen LogP contribution in [0.5, 0.6) is 0 Å². The fourth-order valence-corrected chi connectivity index (χ4v) is 3.19. The Morgan fingerprint density at radius 1 is 0.643 bits per heavy atom. The van der Waals surface area contributed by atoms with Gasteiger partial charge in [0.05, 0.1) is 0 Å². The van der Waals surface area contributed by atoms with E-state index in [1.165, 1.54) is 0 Å².